The van der Waals surface area contributed by atoms with Crippen molar-refractivity contribution >= 4 is 17.4 Å². The van der Waals surface area contributed by atoms with E-state index in [1.807, 2.05) is 25.1 Å². The number of non-ortho nitro benzene ring substituents is 1. The van der Waals surface area contributed by atoms with Crippen LogP contribution in [-0.2, 0) is 0 Å². The lowest BCUT2D eigenvalue weighted by Crippen LogP contribution is -2.49. The lowest BCUT2D eigenvalue weighted by atomic mass is 10.1. The van der Waals surface area contributed by atoms with Crippen LogP contribution >= 0.6 is 0 Å². The van der Waals surface area contributed by atoms with E-state index in [1.54, 1.807) is 17.3 Å². The van der Waals surface area contributed by atoms with Crippen LogP contribution in [0.25, 0.3) is 11.4 Å². The molecule has 0 aliphatic carbocycles. The summed E-state index contributed by atoms with van der Waals surface area (Å²) in [6, 6.07) is 11.4. The van der Waals surface area contributed by atoms with Crippen LogP contribution in [-0.4, -0.2) is 56.9 Å². The summed E-state index contributed by atoms with van der Waals surface area (Å²) in [5.41, 5.74) is 2.14. The Hall–Kier alpha value is -3.88. The Kier molecular flexibility index (Phi) is 5.34. The third-order valence-electron chi connectivity index (χ3n) is 4.98. The largest absolute Gasteiger partial charge is 0.353 e. The number of anilines is 1. The van der Waals surface area contributed by atoms with Crippen LogP contribution < -0.4 is 4.90 Å². The Bertz CT molecular complexity index is 1060. The fourth-order valence-corrected chi connectivity index (χ4v) is 3.38. The number of carbonyl (C=O) groups excluding carboxylic acids is 1. The Morgan fingerprint density at radius 2 is 1.80 bits per heavy atom. The first-order valence-corrected chi connectivity index (χ1v) is 9.56. The molecule has 0 bridgehead atoms. The molecule has 152 valence electrons. The minimum Gasteiger partial charge on any atom is -0.353 e. The SMILES string of the molecule is Cc1cc(N2CCN(C(=O)c3ccc([N+](=O)[O-])cc3)CC2)nc(-c2cccnc2)n1. The Labute approximate surface area is 173 Å². The van der Waals surface area contributed by atoms with E-state index in [1.165, 1.54) is 24.3 Å². The number of hydrogen-bond donors (Lipinski definition) is 0. The van der Waals surface area contributed by atoms with Crippen LogP contribution in [0.3, 0.4) is 0 Å². The summed E-state index contributed by atoms with van der Waals surface area (Å²) in [4.78, 5) is 40.3. The quantitative estimate of drug-likeness (QED) is 0.486. The smallest absolute Gasteiger partial charge is 0.269 e. The van der Waals surface area contributed by atoms with Crippen molar-refractivity contribution in [1.29, 1.82) is 0 Å². The molecule has 30 heavy (non-hydrogen) atoms. The van der Waals surface area contributed by atoms with Gasteiger partial charge < -0.3 is 9.80 Å². The van der Waals surface area contributed by atoms with Crippen molar-refractivity contribution in [3.8, 4) is 11.4 Å². The third kappa shape index (κ3) is 4.09. The molecular formula is C21H20N6O3. The summed E-state index contributed by atoms with van der Waals surface area (Å²) in [6.07, 6.45) is 3.45. The van der Waals surface area contributed by atoms with Crippen molar-refractivity contribution < 1.29 is 9.72 Å². The molecule has 3 aromatic rings. The molecule has 9 heteroatoms. The molecule has 9 nitrogen and oxygen atoms in total. The number of aryl methyl sites for hydroxylation is 1. The van der Waals surface area contributed by atoms with E-state index in [9.17, 15) is 14.9 Å². The van der Waals surface area contributed by atoms with Gasteiger partial charge in [0.05, 0.1) is 4.92 Å². The number of benzene rings is 1. The van der Waals surface area contributed by atoms with E-state index >= 15 is 0 Å². The van der Waals surface area contributed by atoms with Gasteiger partial charge in [-0.15, -0.1) is 0 Å². The molecule has 0 unspecified atom stereocenters. The summed E-state index contributed by atoms with van der Waals surface area (Å²) < 4.78 is 0. The maximum Gasteiger partial charge on any atom is 0.269 e. The molecule has 1 saturated heterocycles. The Morgan fingerprint density at radius 3 is 2.43 bits per heavy atom. The summed E-state index contributed by atoms with van der Waals surface area (Å²) in [7, 11) is 0. The van der Waals surface area contributed by atoms with Gasteiger partial charge in [0.15, 0.2) is 5.82 Å². The summed E-state index contributed by atoms with van der Waals surface area (Å²) in [5, 5.41) is 10.8. The normalized spacial score (nSPS) is 13.9. The van der Waals surface area contributed by atoms with E-state index in [4.69, 9.17) is 0 Å². The minimum absolute atomic E-state index is 0.0279. The molecule has 1 aliphatic rings. The zero-order chi connectivity index (χ0) is 21.1. The number of piperazine rings is 1. The van der Waals surface area contributed by atoms with Crippen molar-refractivity contribution in [2.24, 2.45) is 0 Å². The molecule has 4 rings (SSSR count). The van der Waals surface area contributed by atoms with Gasteiger partial charge in [-0.1, -0.05) is 0 Å². The number of nitro groups is 1. The van der Waals surface area contributed by atoms with Gasteiger partial charge in [-0.2, -0.15) is 0 Å². The van der Waals surface area contributed by atoms with Crippen LogP contribution in [0.4, 0.5) is 11.5 Å². The molecule has 3 heterocycles. The highest BCUT2D eigenvalue weighted by Crippen LogP contribution is 2.21. The summed E-state index contributed by atoms with van der Waals surface area (Å²) in [5.74, 6) is 1.32. The fraction of sp³-hybridized carbons (Fsp3) is 0.238. The monoisotopic (exact) mass is 404 g/mol. The van der Waals surface area contributed by atoms with E-state index in [2.05, 4.69) is 19.9 Å². The lowest BCUT2D eigenvalue weighted by Gasteiger charge is -2.35. The maximum atomic E-state index is 12.7. The van der Waals surface area contributed by atoms with E-state index in [0.717, 1.165) is 17.1 Å². The second-order valence-electron chi connectivity index (χ2n) is 7.02. The van der Waals surface area contributed by atoms with Crippen molar-refractivity contribution in [3.05, 3.63) is 76.2 Å². The third-order valence-corrected chi connectivity index (χ3v) is 4.98. The number of pyridine rings is 1. The predicted octanol–water partition coefficient (Wildman–Crippen LogP) is 2.72. The number of carbonyl (C=O) groups is 1. The van der Waals surface area contributed by atoms with Gasteiger partial charge in [0.1, 0.15) is 5.82 Å². The molecule has 1 fully saturated rings. The van der Waals surface area contributed by atoms with Crippen LogP contribution in [0.2, 0.25) is 0 Å². The lowest BCUT2D eigenvalue weighted by molar-refractivity contribution is -0.384. The van der Waals surface area contributed by atoms with Crippen LogP contribution in [0.5, 0.6) is 0 Å². The van der Waals surface area contributed by atoms with Crippen LogP contribution in [0.1, 0.15) is 16.1 Å². The predicted molar refractivity (Wildman–Crippen MR) is 111 cm³/mol. The number of amides is 1. The number of hydrogen-bond acceptors (Lipinski definition) is 7. The maximum absolute atomic E-state index is 12.7. The standard InChI is InChI=1S/C21H20N6O3/c1-15-13-19(24-20(23-15)17-3-2-8-22-14-17)25-9-11-26(12-10-25)21(28)16-4-6-18(7-5-16)27(29)30/h2-8,13-14H,9-12H2,1H3. The highest BCUT2D eigenvalue weighted by molar-refractivity contribution is 5.94. The summed E-state index contributed by atoms with van der Waals surface area (Å²) in [6.45, 7) is 4.30. The van der Waals surface area contributed by atoms with Gasteiger partial charge in [0, 0.05) is 73.6 Å². The summed E-state index contributed by atoms with van der Waals surface area (Å²) >= 11 is 0. The van der Waals surface area contributed by atoms with Crippen molar-refractivity contribution in [2.45, 2.75) is 6.92 Å². The Balaban J connectivity index is 1.45. The average molecular weight is 404 g/mol. The minimum atomic E-state index is -0.476. The van der Waals surface area contributed by atoms with Gasteiger partial charge in [0.25, 0.3) is 11.6 Å². The average Bonchev–Trinajstić information content (AvgIpc) is 2.79. The molecule has 0 saturated carbocycles. The van der Waals surface area contributed by atoms with Crippen molar-refractivity contribution in [3.63, 3.8) is 0 Å². The molecule has 0 N–H and O–H groups in total. The molecule has 0 spiro atoms. The van der Waals surface area contributed by atoms with E-state index in [0.29, 0.717) is 37.6 Å². The molecular weight excluding hydrogens is 384 g/mol. The first-order chi connectivity index (χ1) is 14.5. The molecule has 1 aliphatic heterocycles. The van der Waals surface area contributed by atoms with E-state index < -0.39 is 4.92 Å². The zero-order valence-corrected chi connectivity index (χ0v) is 16.4. The van der Waals surface area contributed by atoms with Gasteiger partial charge in [0.2, 0.25) is 0 Å². The van der Waals surface area contributed by atoms with Gasteiger partial charge >= 0.3 is 0 Å². The topological polar surface area (TPSA) is 105 Å². The van der Waals surface area contributed by atoms with Crippen molar-refractivity contribution in [1.82, 2.24) is 19.9 Å². The van der Waals surface area contributed by atoms with Crippen LogP contribution in [0, 0.1) is 17.0 Å². The number of nitro benzene ring substituents is 1. The zero-order valence-electron chi connectivity index (χ0n) is 16.4. The van der Waals surface area contributed by atoms with E-state index in [-0.39, 0.29) is 11.6 Å². The number of nitrogens with zero attached hydrogens (tertiary/aromatic N) is 6. The molecule has 0 atom stereocenters. The highest BCUT2D eigenvalue weighted by Gasteiger charge is 2.24. The fourth-order valence-electron chi connectivity index (χ4n) is 3.38. The second-order valence-corrected chi connectivity index (χ2v) is 7.02. The highest BCUT2D eigenvalue weighted by atomic mass is 16.6. The molecule has 0 radical (unpaired) electrons. The molecule has 2 aromatic heterocycles. The second kappa shape index (κ2) is 8.24. The van der Waals surface area contributed by atoms with Crippen LogP contribution in [0.15, 0.2) is 54.9 Å². The Morgan fingerprint density at radius 1 is 1.07 bits per heavy atom. The van der Waals surface area contributed by atoms with Gasteiger partial charge in [-0.3, -0.25) is 19.9 Å². The first kappa shape index (κ1) is 19.4. The molecule has 1 amide bonds. The van der Waals surface area contributed by atoms with Crippen molar-refractivity contribution in [2.75, 3.05) is 31.1 Å². The first-order valence-electron chi connectivity index (χ1n) is 9.56. The molecule has 1 aromatic carbocycles. The number of rotatable bonds is 4. The van der Waals surface area contributed by atoms with Gasteiger partial charge in [-0.05, 0) is 31.2 Å². The number of aromatic nitrogens is 3. The van der Waals surface area contributed by atoms with Gasteiger partial charge in [-0.25, -0.2) is 9.97 Å².